The van der Waals surface area contributed by atoms with E-state index >= 15 is 0 Å². The van der Waals surface area contributed by atoms with E-state index in [1.54, 1.807) is 0 Å². The van der Waals surface area contributed by atoms with Gasteiger partial charge in [-0.15, -0.1) is 0 Å². The molecule has 6 N–H and O–H groups in total. The van der Waals surface area contributed by atoms with E-state index in [2.05, 4.69) is 0 Å². The summed E-state index contributed by atoms with van der Waals surface area (Å²) < 4.78 is 0. The SMILES string of the molecule is NCCC(O)CO.O=C(O)CCC(=O)O. The van der Waals surface area contributed by atoms with Crippen LogP contribution in [-0.4, -0.2) is 51.6 Å². The summed E-state index contributed by atoms with van der Waals surface area (Å²) in [6, 6.07) is 0. The maximum atomic E-state index is 9.64. The second-order valence-electron chi connectivity index (χ2n) is 2.70. The van der Waals surface area contributed by atoms with Crippen molar-refractivity contribution in [3.8, 4) is 0 Å². The lowest BCUT2D eigenvalue weighted by atomic mass is 10.3. The zero-order chi connectivity index (χ0) is 12.3. The van der Waals surface area contributed by atoms with Gasteiger partial charge in [-0.1, -0.05) is 0 Å². The Morgan fingerprint density at radius 2 is 1.53 bits per heavy atom. The molecule has 0 amide bonds. The van der Waals surface area contributed by atoms with Crippen LogP contribution in [0.5, 0.6) is 0 Å². The van der Waals surface area contributed by atoms with Crippen LogP contribution in [0.15, 0.2) is 0 Å². The third-order valence-electron chi connectivity index (χ3n) is 1.26. The molecule has 90 valence electrons. The van der Waals surface area contributed by atoms with Gasteiger partial charge in [0.05, 0.1) is 25.6 Å². The van der Waals surface area contributed by atoms with Gasteiger partial charge in [0, 0.05) is 0 Å². The largest absolute Gasteiger partial charge is 0.481 e. The number of nitrogens with two attached hydrogens (primary N) is 1. The molecule has 0 aliphatic carbocycles. The van der Waals surface area contributed by atoms with Gasteiger partial charge in [0.25, 0.3) is 0 Å². The van der Waals surface area contributed by atoms with E-state index in [0.29, 0.717) is 13.0 Å². The lowest BCUT2D eigenvalue weighted by Gasteiger charge is -2.01. The van der Waals surface area contributed by atoms with E-state index in [0.717, 1.165) is 0 Å². The molecule has 0 aromatic carbocycles. The summed E-state index contributed by atoms with van der Waals surface area (Å²) in [5.74, 6) is -2.15. The van der Waals surface area contributed by atoms with Crippen molar-refractivity contribution >= 4 is 11.9 Å². The third-order valence-corrected chi connectivity index (χ3v) is 1.26. The monoisotopic (exact) mass is 223 g/mol. The van der Waals surface area contributed by atoms with E-state index in [1.165, 1.54) is 0 Å². The van der Waals surface area contributed by atoms with Crippen LogP contribution >= 0.6 is 0 Å². The molecule has 7 heteroatoms. The van der Waals surface area contributed by atoms with Gasteiger partial charge in [0.2, 0.25) is 0 Å². The summed E-state index contributed by atoms with van der Waals surface area (Å²) in [7, 11) is 0. The number of carbonyl (C=O) groups is 2. The highest BCUT2D eigenvalue weighted by Crippen LogP contribution is 1.86. The fourth-order valence-electron chi connectivity index (χ4n) is 0.498. The average Bonchev–Trinajstić information content (AvgIpc) is 2.16. The minimum absolute atomic E-state index is 0.183. The third kappa shape index (κ3) is 19.3. The molecule has 0 aromatic rings. The van der Waals surface area contributed by atoms with Gasteiger partial charge in [-0.2, -0.15) is 0 Å². The number of aliphatic hydroxyl groups is 2. The lowest BCUT2D eigenvalue weighted by molar-refractivity contribution is -0.143. The second-order valence-corrected chi connectivity index (χ2v) is 2.70. The van der Waals surface area contributed by atoms with E-state index in [4.69, 9.17) is 26.2 Å². The first kappa shape index (κ1) is 16.3. The van der Waals surface area contributed by atoms with Gasteiger partial charge in [0.1, 0.15) is 0 Å². The summed E-state index contributed by atoms with van der Waals surface area (Å²) in [6.07, 6.45) is -0.730. The number of hydrogen-bond donors (Lipinski definition) is 5. The Labute approximate surface area is 87.1 Å². The van der Waals surface area contributed by atoms with Crippen molar-refractivity contribution in [2.45, 2.75) is 25.4 Å². The van der Waals surface area contributed by atoms with Crippen molar-refractivity contribution in [3.63, 3.8) is 0 Å². The topological polar surface area (TPSA) is 141 Å². The predicted molar refractivity (Wildman–Crippen MR) is 51.3 cm³/mol. The van der Waals surface area contributed by atoms with Crippen LogP contribution in [0.2, 0.25) is 0 Å². The lowest BCUT2D eigenvalue weighted by Crippen LogP contribution is -2.16. The molecule has 1 atom stereocenters. The molecule has 0 aliphatic heterocycles. The number of rotatable bonds is 6. The number of aliphatic carboxylic acids is 2. The molecule has 0 rings (SSSR count). The highest BCUT2D eigenvalue weighted by atomic mass is 16.4. The molecule has 0 spiro atoms. The highest BCUT2D eigenvalue weighted by molar-refractivity contribution is 5.75. The number of carboxylic acids is 2. The summed E-state index contributed by atoms with van der Waals surface area (Å²) in [5.41, 5.74) is 5.03. The molecule has 0 heterocycles. The van der Waals surface area contributed by atoms with E-state index in [1.807, 2.05) is 0 Å². The molecule has 7 nitrogen and oxygen atoms in total. The fraction of sp³-hybridized carbons (Fsp3) is 0.750. The van der Waals surface area contributed by atoms with Crippen molar-refractivity contribution in [3.05, 3.63) is 0 Å². The molecule has 15 heavy (non-hydrogen) atoms. The number of aliphatic hydroxyl groups excluding tert-OH is 2. The van der Waals surface area contributed by atoms with Crippen LogP contribution in [0.3, 0.4) is 0 Å². The smallest absolute Gasteiger partial charge is 0.303 e. The average molecular weight is 223 g/mol. The van der Waals surface area contributed by atoms with Crippen LogP contribution in [0.4, 0.5) is 0 Å². The maximum absolute atomic E-state index is 9.64. The summed E-state index contributed by atoms with van der Waals surface area (Å²) in [6.45, 7) is 0.249. The van der Waals surface area contributed by atoms with Gasteiger partial charge >= 0.3 is 11.9 Å². The van der Waals surface area contributed by atoms with Crippen LogP contribution in [0.25, 0.3) is 0 Å². The predicted octanol–water partition coefficient (Wildman–Crippen LogP) is -1.38. The van der Waals surface area contributed by atoms with Crippen molar-refractivity contribution in [1.82, 2.24) is 0 Å². The Bertz CT molecular complexity index is 170. The maximum Gasteiger partial charge on any atom is 0.303 e. The van der Waals surface area contributed by atoms with E-state index < -0.39 is 18.0 Å². The minimum Gasteiger partial charge on any atom is -0.481 e. The quantitative estimate of drug-likeness (QED) is 0.373. The Kier molecular flexibility index (Phi) is 11.8. The van der Waals surface area contributed by atoms with E-state index in [-0.39, 0.29) is 19.4 Å². The molecule has 0 bridgehead atoms. The van der Waals surface area contributed by atoms with Crippen molar-refractivity contribution in [1.29, 1.82) is 0 Å². The normalized spacial score (nSPS) is 11.1. The minimum atomic E-state index is -1.08. The van der Waals surface area contributed by atoms with Gasteiger partial charge in [0.15, 0.2) is 0 Å². The van der Waals surface area contributed by atoms with Gasteiger partial charge in [-0.05, 0) is 13.0 Å². The standard InChI is InChI=1S/C4H11NO2.C4H6O4/c5-2-1-4(7)3-6;5-3(6)1-2-4(7)8/h4,6-7H,1-3,5H2;1-2H2,(H,5,6)(H,7,8). The van der Waals surface area contributed by atoms with Gasteiger partial charge < -0.3 is 26.2 Å². The molecular weight excluding hydrogens is 206 g/mol. The van der Waals surface area contributed by atoms with Crippen LogP contribution in [0, 0.1) is 0 Å². The molecular formula is C8H17NO6. The van der Waals surface area contributed by atoms with Crippen LogP contribution in [0.1, 0.15) is 19.3 Å². The molecule has 0 fully saturated rings. The molecule has 0 aromatic heterocycles. The molecule has 0 aliphatic rings. The summed E-state index contributed by atoms with van der Waals surface area (Å²) >= 11 is 0. The van der Waals surface area contributed by atoms with E-state index in [9.17, 15) is 9.59 Å². The van der Waals surface area contributed by atoms with Gasteiger partial charge in [-0.3, -0.25) is 9.59 Å². The zero-order valence-electron chi connectivity index (χ0n) is 8.30. The Morgan fingerprint density at radius 3 is 1.67 bits per heavy atom. The number of hydrogen-bond acceptors (Lipinski definition) is 5. The van der Waals surface area contributed by atoms with Crippen molar-refractivity contribution in [2.24, 2.45) is 5.73 Å². The van der Waals surface area contributed by atoms with Crippen LogP contribution in [-0.2, 0) is 9.59 Å². The molecule has 0 saturated heterocycles. The zero-order valence-corrected chi connectivity index (χ0v) is 8.30. The molecule has 0 saturated carbocycles. The van der Waals surface area contributed by atoms with Crippen molar-refractivity contribution in [2.75, 3.05) is 13.2 Å². The molecule has 1 unspecified atom stereocenters. The first-order valence-corrected chi connectivity index (χ1v) is 4.36. The second kappa shape index (κ2) is 10.9. The van der Waals surface area contributed by atoms with Crippen molar-refractivity contribution < 1.29 is 30.0 Å². The summed E-state index contributed by atoms with van der Waals surface area (Å²) in [4.78, 5) is 19.3. The highest BCUT2D eigenvalue weighted by Gasteiger charge is 2.00. The fourth-order valence-corrected chi connectivity index (χ4v) is 0.498. The van der Waals surface area contributed by atoms with Gasteiger partial charge in [-0.25, -0.2) is 0 Å². The Balaban J connectivity index is 0. The molecule has 0 radical (unpaired) electrons. The Hall–Kier alpha value is -1.18. The number of carboxylic acid groups (broad SMARTS) is 2. The summed E-state index contributed by atoms with van der Waals surface area (Å²) in [5, 5.41) is 32.5. The first-order valence-electron chi connectivity index (χ1n) is 4.36. The first-order chi connectivity index (χ1) is 6.93. The Morgan fingerprint density at radius 1 is 1.13 bits per heavy atom. The van der Waals surface area contributed by atoms with Crippen LogP contribution < -0.4 is 5.73 Å².